The van der Waals surface area contributed by atoms with Crippen LogP contribution in [0.4, 0.5) is 8.78 Å². The van der Waals surface area contributed by atoms with Crippen molar-refractivity contribution in [1.82, 2.24) is 5.32 Å². The van der Waals surface area contributed by atoms with Crippen LogP contribution in [0.3, 0.4) is 0 Å². The van der Waals surface area contributed by atoms with Gasteiger partial charge in [0.05, 0.1) is 6.04 Å². The van der Waals surface area contributed by atoms with E-state index in [9.17, 15) is 13.6 Å². The average molecular weight is 242 g/mol. The highest BCUT2D eigenvalue weighted by atomic mass is 19.1. The molecule has 0 bridgehead atoms. The highest BCUT2D eigenvalue weighted by Crippen LogP contribution is 2.18. The van der Waals surface area contributed by atoms with E-state index >= 15 is 0 Å². The van der Waals surface area contributed by atoms with Crippen LogP contribution >= 0.6 is 0 Å². The second kappa shape index (κ2) is 5.72. The summed E-state index contributed by atoms with van der Waals surface area (Å²) in [6.07, 6.45) is 0.516. The first-order valence-electron chi connectivity index (χ1n) is 5.46. The number of amides is 1. The van der Waals surface area contributed by atoms with Crippen LogP contribution in [0.25, 0.3) is 0 Å². The van der Waals surface area contributed by atoms with E-state index in [0.717, 1.165) is 6.07 Å². The predicted octanol–water partition coefficient (Wildman–Crippen LogP) is 1.88. The molecule has 94 valence electrons. The molecular weight excluding hydrogens is 226 g/mol. The van der Waals surface area contributed by atoms with Crippen molar-refractivity contribution in [1.29, 1.82) is 0 Å². The Kier molecular flexibility index (Phi) is 4.57. The van der Waals surface area contributed by atoms with E-state index in [2.05, 4.69) is 5.32 Å². The van der Waals surface area contributed by atoms with Crippen LogP contribution in [0.1, 0.15) is 31.9 Å². The van der Waals surface area contributed by atoms with Crippen molar-refractivity contribution in [2.75, 3.05) is 0 Å². The third-order valence-electron chi connectivity index (χ3n) is 2.63. The van der Waals surface area contributed by atoms with Crippen LogP contribution in [0.5, 0.6) is 0 Å². The first-order chi connectivity index (χ1) is 7.95. The number of halogens is 2. The number of nitrogens with two attached hydrogens (primary N) is 1. The fourth-order valence-electron chi connectivity index (χ4n) is 1.65. The summed E-state index contributed by atoms with van der Waals surface area (Å²) in [5.74, 6) is -1.74. The summed E-state index contributed by atoms with van der Waals surface area (Å²) in [5.41, 5.74) is 5.49. The highest BCUT2D eigenvalue weighted by Gasteiger charge is 2.18. The third kappa shape index (κ3) is 3.49. The lowest BCUT2D eigenvalue weighted by atomic mass is 10.1. The number of carbonyl (C=O) groups is 1. The van der Waals surface area contributed by atoms with E-state index < -0.39 is 29.6 Å². The molecule has 0 spiro atoms. The van der Waals surface area contributed by atoms with Crippen LogP contribution < -0.4 is 11.1 Å². The van der Waals surface area contributed by atoms with E-state index in [-0.39, 0.29) is 0 Å². The molecule has 0 aliphatic rings. The Hall–Kier alpha value is -1.49. The molecular formula is C12H16F2N2O. The standard InChI is InChI=1S/C12H16F2N2O/c1-3-11(12(15)17)16-7(2)9-5-4-8(13)6-10(9)14/h4-7,11,16H,3H2,1-2H3,(H2,15,17)/t7-,11-/m0/s1. The molecule has 3 N–H and O–H groups in total. The topological polar surface area (TPSA) is 55.1 Å². The zero-order valence-corrected chi connectivity index (χ0v) is 9.84. The maximum absolute atomic E-state index is 13.5. The third-order valence-corrected chi connectivity index (χ3v) is 2.63. The van der Waals surface area contributed by atoms with Crippen LogP contribution in [0.15, 0.2) is 18.2 Å². The summed E-state index contributed by atoms with van der Waals surface area (Å²) in [6.45, 7) is 3.50. The molecule has 5 heteroatoms. The zero-order chi connectivity index (χ0) is 13.0. The molecule has 0 saturated carbocycles. The smallest absolute Gasteiger partial charge is 0.234 e. The van der Waals surface area contributed by atoms with Crippen molar-refractivity contribution < 1.29 is 13.6 Å². The van der Waals surface area contributed by atoms with E-state index in [0.29, 0.717) is 12.0 Å². The molecule has 1 aromatic carbocycles. The van der Waals surface area contributed by atoms with E-state index in [1.165, 1.54) is 12.1 Å². The molecule has 0 aromatic heterocycles. The molecule has 0 unspecified atom stereocenters. The normalized spacial score (nSPS) is 14.4. The maximum Gasteiger partial charge on any atom is 0.234 e. The molecule has 1 rings (SSSR count). The maximum atomic E-state index is 13.5. The predicted molar refractivity (Wildman–Crippen MR) is 61.2 cm³/mol. The fourth-order valence-corrected chi connectivity index (χ4v) is 1.65. The Balaban J connectivity index is 2.82. The van der Waals surface area contributed by atoms with Crippen LogP contribution in [-0.4, -0.2) is 11.9 Å². The lowest BCUT2D eigenvalue weighted by Gasteiger charge is -2.20. The molecule has 0 aliphatic carbocycles. The number of benzene rings is 1. The van der Waals surface area contributed by atoms with Gasteiger partial charge in [0, 0.05) is 17.7 Å². The monoisotopic (exact) mass is 242 g/mol. The molecule has 1 aromatic rings. The Morgan fingerprint density at radius 2 is 2.12 bits per heavy atom. The Bertz CT molecular complexity index is 409. The minimum absolute atomic E-state index is 0.311. The summed E-state index contributed by atoms with van der Waals surface area (Å²) in [7, 11) is 0. The fraction of sp³-hybridized carbons (Fsp3) is 0.417. The van der Waals surface area contributed by atoms with E-state index in [1.807, 2.05) is 0 Å². The minimum Gasteiger partial charge on any atom is -0.368 e. The summed E-state index contributed by atoms with van der Waals surface area (Å²) in [5, 5.41) is 2.91. The van der Waals surface area contributed by atoms with Gasteiger partial charge in [-0.1, -0.05) is 13.0 Å². The molecule has 17 heavy (non-hydrogen) atoms. The number of hydrogen-bond acceptors (Lipinski definition) is 2. The molecule has 0 radical (unpaired) electrons. The van der Waals surface area contributed by atoms with Crippen molar-refractivity contribution in [2.24, 2.45) is 5.73 Å². The summed E-state index contributed by atoms with van der Waals surface area (Å²) in [4.78, 5) is 11.0. The minimum atomic E-state index is -0.635. The van der Waals surface area contributed by atoms with Gasteiger partial charge < -0.3 is 5.73 Å². The van der Waals surface area contributed by atoms with Gasteiger partial charge in [0.2, 0.25) is 5.91 Å². The Morgan fingerprint density at radius 1 is 1.47 bits per heavy atom. The summed E-state index contributed by atoms with van der Waals surface area (Å²) < 4.78 is 26.2. The molecule has 2 atom stereocenters. The average Bonchev–Trinajstić information content (AvgIpc) is 2.24. The lowest BCUT2D eigenvalue weighted by molar-refractivity contribution is -0.120. The Labute approximate surface area is 99.0 Å². The molecule has 1 amide bonds. The van der Waals surface area contributed by atoms with Gasteiger partial charge in [-0.25, -0.2) is 8.78 Å². The summed E-state index contributed by atoms with van der Waals surface area (Å²) >= 11 is 0. The number of carbonyl (C=O) groups excluding carboxylic acids is 1. The van der Waals surface area contributed by atoms with Gasteiger partial charge in [0.15, 0.2) is 0 Å². The van der Waals surface area contributed by atoms with Crippen LogP contribution in [0, 0.1) is 11.6 Å². The van der Waals surface area contributed by atoms with Crippen molar-refractivity contribution in [3.63, 3.8) is 0 Å². The quantitative estimate of drug-likeness (QED) is 0.828. The Morgan fingerprint density at radius 3 is 2.59 bits per heavy atom. The highest BCUT2D eigenvalue weighted by molar-refractivity contribution is 5.79. The van der Waals surface area contributed by atoms with Gasteiger partial charge in [-0.15, -0.1) is 0 Å². The number of rotatable bonds is 5. The first kappa shape index (κ1) is 13.6. The van der Waals surface area contributed by atoms with Crippen LogP contribution in [0.2, 0.25) is 0 Å². The largest absolute Gasteiger partial charge is 0.368 e. The number of primary amides is 1. The van der Waals surface area contributed by atoms with Gasteiger partial charge in [-0.3, -0.25) is 10.1 Å². The van der Waals surface area contributed by atoms with Crippen molar-refractivity contribution in [3.8, 4) is 0 Å². The van der Waals surface area contributed by atoms with E-state index in [4.69, 9.17) is 5.73 Å². The van der Waals surface area contributed by atoms with Gasteiger partial charge >= 0.3 is 0 Å². The first-order valence-corrected chi connectivity index (χ1v) is 5.46. The molecule has 0 saturated heterocycles. The molecule has 3 nitrogen and oxygen atoms in total. The van der Waals surface area contributed by atoms with Gasteiger partial charge in [0.25, 0.3) is 0 Å². The van der Waals surface area contributed by atoms with Gasteiger partial charge in [-0.05, 0) is 19.4 Å². The molecule has 0 fully saturated rings. The SMILES string of the molecule is CC[C@H](N[C@@H](C)c1ccc(F)cc1F)C(N)=O. The number of hydrogen-bond donors (Lipinski definition) is 2. The van der Waals surface area contributed by atoms with Crippen molar-refractivity contribution in [3.05, 3.63) is 35.4 Å². The second-order valence-electron chi connectivity index (χ2n) is 3.92. The van der Waals surface area contributed by atoms with Gasteiger partial charge in [0.1, 0.15) is 11.6 Å². The van der Waals surface area contributed by atoms with E-state index in [1.54, 1.807) is 13.8 Å². The van der Waals surface area contributed by atoms with Gasteiger partial charge in [-0.2, -0.15) is 0 Å². The zero-order valence-electron chi connectivity index (χ0n) is 9.84. The van der Waals surface area contributed by atoms with Crippen LogP contribution in [-0.2, 0) is 4.79 Å². The second-order valence-corrected chi connectivity index (χ2v) is 3.92. The van der Waals surface area contributed by atoms with Crippen molar-refractivity contribution in [2.45, 2.75) is 32.4 Å². The molecule has 0 heterocycles. The number of nitrogens with one attached hydrogen (secondary N) is 1. The molecule has 0 aliphatic heterocycles. The summed E-state index contributed by atoms with van der Waals surface area (Å²) in [6, 6.07) is 2.43. The van der Waals surface area contributed by atoms with Crippen molar-refractivity contribution >= 4 is 5.91 Å². The lowest BCUT2D eigenvalue weighted by Crippen LogP contribution is -2.42.